The summed E-state index contributed by atoms with van der Waals surface area (Å²) in [4.78, 5) is 3.98. The predicted octanol–water partition coefficient (Wildman–Crippen LogP) is 2.17. The number of hydrogen-bond donors (Lipinski definition) is 1. The number of halogens is 2. The molecule has 2 rings (SSSR count). The van der Waals surface area contributed by atoms with Gasteiger partial charge in [-0.1, -0.05) is 0 Å². The average Bonchev–Trinajstić information content (AvgIpc) is 2.35. The van der Waals surface area contributed by atoms with E-state index in [1.54, 1.807) is 0 Å². The highest BCUT2D eigenvalue weighted by atomic mass is 79.9. The Morgan fingerprint density at radius 1 is 1.58 bits per heavy atom. The maximum atomic E-state index is 12.9. The molecular formula is C7H5BrFN3. The number of hydrogen-bond acceptors (Lipinski definition) is 2. The van der Waals surface area contributed by atoms with E-state index in [4.69, 9.17) is 0 Å². The van der Waals surface area contributed by atoms with E-state index in [0.717, 1.165) is 5.69 Å². The fourth-order valence-electron chi connectivity index (χ4n) is 1.01. The van der Waals surface area contributed by atoms with Crippen molar-refractivity contribution < 1.29 is 4.39 Å². The van der Waals surface area contributed by atoms with Gasteiger partial charge in [-0.25, -0.2) is 9.37 Å². The summed E-state index contributed by atoms with van der Waals surface area (Å²) in [5, 5.41) is 6.60. The molecule has 0 aliphatic heterocycles. The molecule has 62 valence electrons. The zero-order valence-corrected chi connectivity index (χ0v) is 7.81. The number of nitrogens with zero attached hydrogens (tertiary/aromatic N) is 2. The van der Waals surface area contributed by atoms with Crippen molar-refractivity contribution >= 4 is 27.0 Å². The van der Waals surface area contributed by atoms with Crippen LogP contribution in [0.15, 0.2) is 10.7 Å². The van der Waals surface area contributed by atoms with Crippen molar-refractivity contribution in [3.05, 3.63) is 22.2 Å². The first-order valence-corrected chi connectivity index (χ1v) is 4.14. The highest BCUT2D eigenvalue weighted by Gasteiger charge is 2.07. The molecular weight excluding hydrogens is 225 g/mol. The molecule has 0 aliphatic carbocycles. The average molecular weight is 230 g/mol. The monoisotopic (exact) mass is 229 g/mol. The SMILES string of the molecule is Cc1[nH]nc2cc(F)c(Br)nc12. The van der Waals surface area contributed by atoms with E-state index in [1.807, 2.05) is 6.92 Å². The molecule has 0 fully saturated rings. The Hall–Kier alpha value is -0.970. The van der Waals surface area contributed by atoms with Gasteiger partial charge < -0.3 is 0 Å². The molecule has 0 radical (unpaired) electrons. The first-order valence-electron chi connectivity index (χ1n) is 3.35. The molecule has 2 heterocycles. The number of H-pyrrole nitrogens is 1. The minimum Gasteiger partial charge on any atom is -0.280 e. The third-order valence-electron chi connectivity index (χ3n) is 1.61. The normalized spacial score (nSPS) is 10.9. The topological polar surface area (TPSA) is 41.6 Å². The molecule has 0 aromatic carbocycles. The molecule has 5 heteroatoms. The Balaban J connectivity index is 2.87. The summed E-state index contributed by atoms with van der Waals surface area (Å²) in [6.45, 7) is 1.84. The zero-order chi connectivity index (χ0) is 8.72. The van der Waals surface area contributed by atoms with Gasteiger partial charge in [0.1, 0.15) is 15.6 Å². The first-order chi connectivity index (χ1) is 5.68. The summed E-state index contributed by atoms with van der Waals surface area (Å²) < 4.78 is 13.1. The van der Waals surface area contributed by atoms with Crippen molar-refractivity contribution in [1.29, 1.82) is 0 Å². The summed E-state index contributed by atoms with van der Waals surface area (Å²) in [6.07, 6.45) is 0. The van der Waals surface area contributed by atoms with Crippen molar-refractivity contribution in [2.45, 2.75) is 6.92 Å². The smallest absolute Gasteiger partial charge is 0.158 e. The van der Waals surface area contributed by atoms with E-state index in [9.17, 15) is 4.39 Å². The second kappa shape index (κ2) is 2.52. The number of aromatic nitrogens is 3. The second-order valence-corrected chi connectivity index (χ2v) is 3.23. The van der Waals surface area contributed by atoms with Gasteiger partial charge >= 0.3 is 0 Å². The fourth-order valence-corrected chi connectivity index (χ4v) is 1.31. The van der Waals surface area contributed by atoms with Crippen LogP contribution in [0.3, 0.4) is 0 Å². The second-order valence-electron chi connectivity index (χ2n) is 2.48. The molecule has 12 heavy (non-hydrogen) atoms. The van der Waals surface area contributed by atoms with Crippen molar-refractivity contribution in [3.8, 4) is 0 Å². The molecule has 0 saturated carbocycles. The molecule has 0 aliphatic rings. The van der Waals surface area contributed by atoms with Gasteiger partial charge in [-0.05, 0) is 22.9 Å². The van der Waals surface area contributed by atoms with Crippen LogP contribution in [0.25, 0.3) is 11.0 Å². The number of aromatic amines is 1. The van der Waals surface area contributed by atoms with Crippen molar-refractivity contribution in [3.63, 3.8) is 0 Å². The molecule has 0 unspecified atom stereocenters. The Morgan fingerprint density at radius 2 is 2.33 bits per heavy atom. The van der Waals surface area contributed by atoms with Crippen LogP contribution in [0.4, 0.5) is 4.39 Å². The van der Waals surface area contributed by atoms with Gasteiger partial charge in [-0.2, -0.15) is 5.10 Å². The van der Waals surface area contributed by atoms with Gasteiger partial charge in [-0.3, -0.25) is 5.10 Å². The van der Waals surface area contributed by atoms with E-state index < -0.39 is 5.82 Å². The van der Waals surface area contributed by atoms with Gasteiger partial charge in [0, 0.05) is 6.07 Å². The fraction of sp³-hybridized carbons (Fsp3) is 0.143. The van der Waals surface area contributed by atoms with Gasteiger partial charge in [0.25, 0.3) is 0 Å². The van der Waals surface area contributed by atoms with Crippen LogP contribution >= 0.6 is 15.9 Å². The third kappa shape index (κ3) is 1.01. The lowest BCUT2D eigenvalue weighted by Gasteiger charge is -1.92. The minimum atomic E-state index is -0.394. The standard InChI is InChI=1S/C7H5BrFN3/c1-3-6-5(12-11-3)2-4(9)7(8)10-6/h2H,1H3,(H,11,12). The maximum absolute atomic E-state index is 12.9. The van der Waals surface area contributed by atoms with E-state index in [1.165, 1.54) is 6.07 Å². The van der Waals surface area contributed by atoms with Crippen LogP contribution in [-0.2, 0) is 0 Å². The molecule has 2 aromatic heterocycles. The highest BCUT2D eigenvalue weighted by Crippen LogP contribution is 2.19. The molecule has 0 saturated heterocycles. The summed E-state index contributed by atoms with van der Waals surface area (Å²) >= 11 is 3.01. The molecule has 0 bridgehead atoms. The maximum Gasteiger partial charge on any atom is 0.158 e. The minimum absolute atomic E-state index is 0.222. The third-order valence-corrected chi connectivity index (χ3v) is 2.17. The molecule has 1 N–H and O–H groups in total. The first kappa shape index (κ1) is 7.67. The lowest BCUT2D eigenvalue weighted by Crippen LogP contribution is -1.84. The quantitative estimate of drug-likeness (QED) is 0.704. The Labute approximate surface area is 76.1 Å². The van der Waals surface area contributed by atoms with E-state index in [2.05, 4.69) is 31.1 Å². The Morgan fingerprint density at radius 3 is 3.08 bits per heavy atom. The Bertz CT molecular complexity index is 437. The summed E-state index contributed by atoms with van der Waals surface area (Å²) in [6, 6.07) is 1.34. The number of nitrogens with one attached hydrogen (secondary N) is 1. The number of fused-ring (bicyclic) bond motifs is 1. The van der Waals surface area contributed by atoms with Crippen molar-refractivity contribution in [2.75, 3.05) is 0 Å². The van der Waals surface area contributed by atoms with Crippen LogP contribution < -0.4 is 0 Å². The zero-order valence-electron chi connectivity index (χ0n) is 6.23. The number of aryl methyl sites for hydroxylation is 1. The predicted molar refractivity (Wildman–Crippen MR) is 46.3 cm³/mol. The summed E-state index contributed by atoms with van der Waals surface area (Å²) in [5.74, 6) is -0.394. The highest BCUT2D eigenvalue weighted by molar-refractivity contribution is 9.10. The van der Waals surface area contributed by atoms with Crippen LogP contribution in [0.2, 0.25) is 0 Å². The van der Waals surface area contributed by atoms with Gasteiger partial charge in [0.15, 0.2) is 5.82 Å². The van der Waals surface area contributed by atoms with Gasteiger partial charge in [0.2, 0.25) is 0 Å². The van der Waals surface area contributed by atoms with Crippen molar-refractivity contribution in [1.82, 2.24) is 15.2 Å². The molecule has 2 aromatic rings. The van der Waals surface area contributed by atoms with Crippen LogP contribution in [-0.4, -0.2) is 15.2 Å². The van der Waals surface area contributed by atoms with E-state index in [0.29, 0.717) is 11.0 Å². The molecule has 0 atom stereocenters. The summed E-state index contributed by atoms with van der Waals surface area (Å²) in [7, 11) is 0. The molecule has 3 nitrogen and oxygen atoms in total. The van der Waals surface area contributed by atoms with Crippen LogP contribution in [0, 0.1) is 12.7 Å². The molecule has 0 amide bonds. The van der Waals surface area contributed by atoms with Crippen molar-refractivity contribution in [2.24, 2.45) is 0 Å². The Kier molecular flexibility index (Phi) is 1.61. The summed E-state index contributed by atoms with van der Waals surface area (Å²) in [5.41, 5.74) is 2.09. The number of rotatable bonds is 0. The van der Waals surface area contributed by atoms with Gasteiger partial charge in [0.05, 0.1) is 5.69 Å². The largest absolute Gasteiger partial charge is 0.280 e. The van der Waals surface area contributed by atoms with E-state index in [-0.39, 0.29) is 4.60 Å². The van der Waals surface area contributed by atoms with Crippen LogP contribution in [0.5, 0.6) is 0 Å². The van der Waals surface area contributed by atoms with Gasteiger partial charge in [-0.15, -0.1) is 0 Å². The van der Waals surface area contributed by atoms with E-state index >= 15 is 0 Å². The lowest BCUT2D eigenvalue weighted by atomic mass is 10.3. The lowest BCUT2D eigenvalue weighted by molar-refractivity contribution is 0.616. The van der Waals surface area contributed by atoms with Crippen LogP contribution in [0.1, 0.15) is 5.69 Å². The number of pyridine rings is 1. The molecule has 0 spiro atoms.